The number of aliphatic carboxylic acids is 1. The number of allylic oxidation sites excluding steroid dienone is 1. The number of furan rings is 1. The molecular weight excluding hydrogens is 468 g/mol. The van der Waals surface area contributed by atoms with Crippen LogP contribution in [-0.4, -0.2) is 33.9 Å². The molecule has 5 rings (SSSR count). The van der Waals surface area contributed by atoms with Crippen LogP contribution in [0.4, 0.5) is 0 Å². The van der Waals surface area contributed by atoms with Gasteiger partial charge in [-0.3, -0.25) is 14.4 Å². The first-order valence-electron chi connectivity index (χ1n) is 11.8. The van der Waals surface area contributed by atoms with E-state index >= 15 is 0 Å². The normalized spacial score (nSPS) is 33.6. The van der Waals surface area contributed by atoms with Gasteiger partial charge in [0, 0.05) is 11.5 Å². The van der Waals surface area contributed by atoms with Crippen LogP contribution in [0.25, 0.3) is 0 Å². The van der Waals surface area contributed by atoms with E-state index in [4.69, 9.17) is 13.9 Å². The molecule has 36 heavy (non-hydrogen) atoms. The molecule has 2 fully saturated rings. The van der Waals surface area contributed by atoms with Crippen molar-refractivity contribution >= 4 is 23.7 Å². The zero-order valence-corrected chi connectivity index (χ0v) is 19.8. The number of hydrogen-bond donors (Lipinski definition) is 2. The highest BCUT2D eigenvalue weighted by molar-refractivity contribution is 6.03. The number of carbonyl (C=O) groups excluding carboxylic acids is 3. The first kappa shape index (κ1) is 23.8. The molecular formula is C27H26O9. The van der Waals surface area contributed by atoms with Gasteiger partial charge in [-0.05, 0) is 66.5 Å². The fourth-order valence-electron chi connectivity index (χ4n) is 6.53. The molecule has 6 atom stereocenters. The second kappa shape index (κ2) is 8.36. The van der Waals surface area contributed by atoms with Crippen molar-refractivity contribution in [3.8, 4) is 5.75 Å². The Bertz CT molecular complexity index is 1260. The number of hydrogen-bond acceptors (Lipinski definition) is 8. The summed E-state index contributed by atoms with van der Waals surface area (Å²) in [5, 5.41) is 19.6. The van der Waals surface area contributed by atoms with E-state index in [9.17, 15) is 29.4 Å². The van der Waals surface area contributed by atoms with Crippen molar-refractivity contribution in [1.29, 1.82) is 0 Å². The van der Waals surface area contributed by atoms with Gasteiger partial charge in [-0.1, -0.05) is 13.8 Å². The Labute approximate surface area is 206 Å². The van der Waals surface area contributed by atoms with Crippen molar-refractivity contribution in [3.63, 3.8) is 0 Å². The third-order valence-corrected chi connectivity index (χ3v) is 8.28. The molecule has 1 saturated heterocycles. The van der Waals surface area contributed by atoms with Crippen molar-refractivity contribution in [1.82, 2.24) is 0 Å². The SMILES string of the molecule is CC12CCC3C(=O)OC(c4ccoc4)CC3(C)C1C(=O)C(OC(=O)c1ccc(O)cc1)=CC2C(=O)O. The highest BCUT2D eigenvalue weighted by Crippen LogP contribution is 2.64. The molecule has 0 bridgehead atoms. The minimum absolute atomic E-state index is 0.0428. The summed E-state index contributed by atoms with van der Waals surface area (Å²) in [5.41, 5.74) is -1.20. The van der Waals surface area contributed by atoms with E-state index in [1.807, 2.05) is 6.92 Å². The van der Waals surface area contributed by atoms with Crippen LogP contribution in [-0.2, 0) is 23.9 Å². The number of carboxylic acids is 1. The van der Waals surface area contributed by atoms with E-state index in [0.29, 0.717) is 24.8 Å². The van der Waals surface area contributed by atoms with Crippen LogP contribution in [0.2, 0.25) is 0 Å². The van der Waals surface area contributed by atoms with Crippen LogP contribution < -0.4 is 0 Å². The lowest BCUT2D eigenvalue weighted by Gasteiger charge is -2.59. The Morgan fingerprint density at radius 2 is 1.81 bits per heavy atom. The van der Waals surface area contributed by atoms with Crippen molar-refractivity contribution < 1.29 is 43.3 Å². The highest BCUT2D eigenvalue weighted by atomic mass is 16.5. The van der Waals surface area contributed by atoms with Crippen molar-refractivity contribution in [2.24, 2.45) is 28.6 Å². The molecule has 3 aliphatic rings. The third kappa shape index (κ3) is 3.61. The maximum Gasteiger partial charge on any atom is 0.343 e. The molecule has 0 radical (unpaired) electrons. The van der Waals surface area contributed by atoms with E-state index in [1.165, 1.54) is 42.9 Å². The second-order valence-corrected chi connectivity index (χ2v) is 10.4. The number of Topliss-reactive ketones (excluding diaryl/α,β-unsaturated/α-hetero) is 1. The quantitative estimate of drug-likeness (QED) is 0.603. The van der Waals surface area contributed by atoms with Crippen LogP contribution in [0, 0.1) is 28.6 Å². The lowest BCUT2D eigenvalue weighted by Crippen LogP contribution is -2.61. The van der Waals surface area contributed by atoms with Crippen LogP contribution in [0.5, 0.6) is 5.75 Å². The van der Waals surface area contributed by atoms with Gasteiger partial charge in [0.2, 0.25) is 5.78 Å². The molecule has 1 saturated carbocycles. The Kier molecular flexibility index (Phi) is 5.54. The fraction of sp³-hybridized carbons (Fsp3) is 0.407. The monoisotopic (exact) mass is 494 g/mol. The number of carboxylic acid groups (broad SMARTS) is 1. The average molecular weight is 494 g/mol. The number of rotatable bonds is 4. The van der Waals surface area contributed by atoms with Gasteiger partial charge in [-0.25, -0.2) is 4.79 Å². The number of ketones is 1. The second-order valence-electron chi connectivity index (χ2n) is 10.4. The van der Waals surface area contributed by atoms with E-state index in [-0.39, 0.29) is 17.1 Å². The van der Waals surface area contributed by atoms with Crippen LogP contribution in [0.1, 0.15) is 55.1 Å². The summed E-state index contributed by atoms with van der Waals surface area (Å²) in [6.07, 6.45) is 4.52. The highest BCUT2D eigenvalue weighted by Gasteiger charge is 2.66. The zero-order chi connectivity index (χ0) is 25.8. The van der Waals surface area contributed by atoms with Crippen molar-refractivity contribution in [3.05, 3.63) is 65.8 Å². The summed E-state index contributed by atoms with van der Waals surface area (Å²) < 4.78 is 16.3. The van der Waals surface area contributed by atoms with Gasteiger partial charge in [0.15, 0.2) is 5.76 Å². The van der Waals surface area contributed by atoms with Crippen LogP contribution in [0.15, 0.2) is 59.1 Å². The van der Waals surface area contributed by atoms with Gasteiger partial charge in [-0.2, -0.15) is 0 Å². The van der Waals surface area contributed by atoms with Gasteiger partial charge in [0.1, 0.15) is 11.9 Å². The first-order valence-corrected chi connectivity index (χ1v) is 11.8. The van der Waals surface area contributed by atoms with Gasteiger partial charge in [0.25, 0.3) is 0 Å². The van der Waals surface area contributed by atoms with Gasteiger partial charge in [-0.15, -0.1) is 0 Å². The molecule has 1 aromatic carbocycles. The Balaban J connectivity index is 1.55. The lowest BCUT2D eigenvalue weighted by molar-refractivity contribution is -0.197. The van der Waals surface area contributed by atoms with Gasteiger partial charge in [0.05, 0.1) is 29.9 Å². The molecule has 9 nitrogen and oxygen atoms in total. The molecule has 1 aliphatic heterocycles. The van der Waals surface area contributed by atoms with Crippen molar-refractivity contribution in [2.45, 2.75) is 39.2 Å². The predicted octanol–water partition coefficient (Wildman–Crippen LogP) is 4.04. The minimum Gasteiger partial charge on any atom is -0.508 e. The molecule has 2 aliphatic carbocycles. The smallest absolute Gasteiger partial charge is 0.343 e. The van der Waals surface area contributed by atoms with E-state index in [0.717, 1.165) is 0 Å². The molecule has 0 spiro atoms. The molecule has 1 aromatic heterocycles. The number of cyclic esters (lactones) is 1. The summed E-state index contributed by atoms with van der Waals surface area (Å²) in [6, 6.07) is 6.99. The summed E-state index contributed by atoms with van der Waals surface area (Å²) in [5.74, 6) is -5.93. The molecule has 6 unspecified atom stereocenters. The number of ether oxygens (including phenoxy) is 2. The van der Waals surface area contributed by atoms with E-state index < -0.39 is 58.4 Å². The average Bonchev–Trinajstić information content (AvgIpc) is 3.35. The minimum atomic E-state index is -1.14. The van der Waals surface area contributed by atoms with Gasteiger partial charge < -0.3 is 24.1 Å². The topological polar surface area (TPSA) is 140 Å². The number of aromatic hydroxyl groups is 1. The molecule has 2 aromatic rings. The zero-order valence-electron chi connectivity index (χ0n) is 19.8. The molecule has 2 N–H and O–H groups in total. The number of phenols is 1. The Morgan fingerprint density at radius 1 is 1.08 bits per heavy atom. The third-order valence-electron chi connectivity index (χ3n) is 8.28. The summed E-state index contributed by atoms with van der Waals surface area (Å²) in [6.45, 7) is 3.59. The lowest BCUT2D eigenvalue weighted by atomic mass is 9.44. The number of phenolic OH excluding ortho intramolecular Hbond substituents is 1. The van der Waals surface area contributed by atoms with Crippen LogP contribution >= 0.6 is 0 Å². The van der Waals surface area contributed by atoms with E-state index in [1.54, 1.807) is 13.0 Å². The number of carbonyl (C=O) groups is 4. The molecule has 0 amide bonds. The molecule has 9 heteroatoms. The number of benzene rings is 1. The largest absolute Gasteiger partial charge is 0.508 e. The Morgan fingerprint density at radius 3 is 2.44 bits per heavy atom. The Hall–Kier alpha value is -3.88. The van der Waals surface area contributed by atoms with E-state index in [2.05, 4.69) is 0 Å². The fourth-order valence-corrected chi connectivity index (χ4v) is 6.53. The van der Waals surface area contributed by atoms with Crippen LogP contribution in [0.3, 0.4) is 0 Å². The van der Waals surface area contributed by atoms with Gasteiger partial charge >= 0.3 is 17.9 Å². The predicted molar refractivity (Wildman–Crippen MR) is 122 cm³/mol. The standard InChI is InChI=1S/C27H26O9/c1-26-9-7-17-25(33)36-20(15-8-10-34-13-15)12-27(17,2)22(26)21(29)19(11-18(26)23(30)31)35-24(32)14-3-5-16(28)6-4-14/h3-6,8,10-11,13,17-18,20,22,28H,7,9,12H2,1-2H3,(H,30,31). The summed E-state index contributed by atoms with van der Waals surface area (Å²) >= 11 is 0. The summed E-state index contributed by atoms with van der Waals surface area (Å²) in [7, 11) is 0. The van der Waals surface area contributed by atoms with Crippen molar-refractivity contribution in [2.75, 3.05) is 0 Å². The number of esters is 2. The molecule has 2 heterocycles. The first-order chi connectivity index (χ1) is 17.0. The maximum atomic E-state index is 14.0. The summed E-state index contributed by atoms with van der Waals surface area (Å²) in [4.78, 5) is 52.3. The number of fused-ring (bicyclic) bond motifs is 3. The maximum absolute atomic E-state index is 14.0. The molecule has 188 valence electrons.